The summed E-state index contributed by atoms with van der Waals surface area (Å²) >= 11 is -2.71. The van der Waals surface area contributed by atoms with Gasteiger partial charge in [-0.25, -0.2) is 0 Å². The molecule has 0 aromatic rings. The molecule has 0 fully saturated rings. The van der Waals surface area contributed by atoms with Crippen molar-refractivity contribution in [2.45, 2.75) is 97.7 Å². The molecule has 0 spiro atoms. The average molecular weight is 604 g/mol. The van der Waals surface area contributed by atoms with Gasteiger partial charge in [-0.05, 0) is 6.92 Å². The fourth-order valence-electron chi connectivity index (χ4n) is 4.33. The Bertz CT molecular complexity index is 846. The van der Waals surface area contributed by atoms with Crippen LogP contribution >= 0.6 is 0 Å². The molecule has 0 radical (unpaired) electrons. The molecule has 2 atom stereocenters. The standard InChI is InChI=1S/C18H20NO4.3C4H9.Sn/c1-3-5-6-7-8-9-10-11-17(22)19-14-13-18(23,4-2)16(21)12-15(14)20;3*1-3-4-2;/h2-11,13,16,21,23H,12H2,1H3,(H,19,22);3*1,3-4H2,2H3;/b4-2?,5-3+,7-6+,9-8+,11-10+;;;;/t16-,18+;;;;/m1..../s1. The Balaban J connectivity index is 3.12. The van der Waals surface area contributed by atoms with Crippen LogP contribution in [0.4, 0.5) is 0 Å². The molecule has 0 saturated heterocycles. The zero-order chi connectivity index (χ0) is 26.9. The monoisotopic (exact) mass is 605 g/mol. The van der Waals surface area contributed by atoms with Crippen LogP contribution < -0.4 is 5.32 Å². The number of Topliss-reactive ketones (excluding diaryl/α,β-unsaturated/α-hetero) is 1. The van der Waals surface area contributed by atoms with Crippen LogP contribution in [0, 0.1) is 0 Å². The van der Waals surface area contributed by atoms with Crippen molar-refractivity contribution in [3.63, 3.8) is 0 Å². The first kappa shape index (κ1) is 32.3. The summed E-state index contributed by atoms with van der Waals surface area (Å²) in [6.45, 7) is 8.57. The molecule has 0 aliphatic heterocycles. The molecule has 1 amide bonds. The van der Waals surface area contributed by atoms with Gasteiger partial charge in [-0.2, -0.15) is 0 Å². The van der Waals surface area contributed by atoms with Crippen LogP contribution in [-0.4, -0.2) is 52.0 Å². The quantitative estimate of drug-likeness (QED) is 0.111. The maximum absolute atomic E-state index is 12.5. The summed E-state index contributed by atoms with van der Waals surface area (Å²) in [5.74, 6) is -0.841. The van der Waals surface area contributed by atoms with Gasteiger partial charge in [0.15, 0.2) is 0 Å². The number of carbonyl (C=O) groups is 2. The van der Waals surface area contributed by atoms with Gasteiger partial charge in [-0.3, -0.25) is 0 Å². The minimum atomic E-state index is -2.71. The number of ketones is 1. The summed E-state index contributed by atoms with van der Waals surface area (Å²) in [4.78, 5) is 24.9. The SMILES string of the molecule is C/C=C/C=C/C=C/C=C/C(=O)NC1=C[C@@](O)(/C=[CH]/[Sn]([CH2]CCC)([CH2]CCC)[CH2]CCC)[C@H](O)CC1=O. The fourth-order valence-corrected chi connectivity index (χ4v) is 18.7. The van der Waals surface area contributed by atoms with Crippen LogP contribution in [-0.2, 0) is 9.59 Å². The normalized spacial score (nSPS) is 21.6. The topological polar surface area (TPSA) is 86.6 Å². The summed E-state index contributed by atoms with van der Waals surface area (Å²) in [5, 5.41) is 24.6. The third-order valence-electron chi connectivity index (χ3n) is 6.63. The van der Waals surface area contributed by atoms with E-state index in [1.165, 1.54) is 44.7 Å². The van der Waals surface area contributed by atoms with Crippen molar-refractivity contribution in [3.05, 3.63) is 70.5 Å². The van der Waals surface area contributed by atoms with Crippen molar-refractivity contribution in [3.8, 4) is 0 Å². The second kappa shape index (κ2) is 17.7. The van der Waals surface area contributed by atoms with Gasteiger partial charge in [0.1, 0.15) is 0 Å². The molecular weight excluding hydrogens is 557 g/mol. The van der Waals surface area contributed by atoms with E-state index >= 15 is 0 Å². The van der Waals surface area contributed by atoms with E-state index in [9.17, 15) is 19.8 Å². The van der Waals surface area contributed by atoms with E-state index in [0.29, 0.717) is 0 Å². The summed E-state index contributed by atoms with van der Waals surface area (Å²) in [7, 11) is 0. The average Bonchev–Trinajstić information content (AvgIpc) is 2.86. The first-order chi connectivity index (χ1) is 17.3. The van der Waals surface area contributed by atoms with E-state index in [-0.39, 0.29) is 17.9 Å². The number of unbranched alkanes of at least 4 members (excludes halogenated alkanes) is 3. The number of rotatable bonds is 16. The van der Waals surface area contributed by atoms with Gasteiger partial charge in [0.25, 0.3) is 0 Å². The molecule has 0 saturated carbocycles. The van der Waals surface area contributed by atoms with Gasteiger partial charge in [0.05, 0.1) is 0 Å². The molecule has 6 heteroatoms. The van der Waals surface area contributed by atoms with Gasteiger partial charge in [0, 0.05) is 0 Å². The molecule has 0 heterocycles. The van der Waals surface area contributed by atoms with E-state index in [4.69, 9.17) is 0 Å². The van der Waals surface area contributed by atoms with E-state index in [1.807, 2.05) is 31.2 Å². The molecular formula is C30H47NO4Sn. The van der Waals surface area contributed by atoms with Crippen LogP contribution in [0.2, 0.25) is 13.3 Å². The first-order valence-electron chi connectivity index (χ1n) is 13.6. The molecule has 0 unspecified atom stereocenters. The summed E-state index contributed by atoms with van der Waals surface area (Å²) in [6.07, 6.45) is 22.6. The zero-order valence-corrected chi connectivity index (χ0v) is 25.6. The fraction of sp³-hybridized carbons (Fsp3) is 0.533. The number of aliphatic hydroxyl groups excluding tert-OH is 1. The maximum atomic E-state index is 12.5. The number of allylic oxidation sites excluding steroid dienone is 8. The molecule has 1 aliphatic carbocycles. The Morgan fingerprint density at radius 1 is 1.00 bits per heavy atom. The Morgan fingerprint density at radius 2 is 1.53 bits per heavy atom. The van der Waals surface area contributed by atoms with Crippen molar-refractivity contribution in [1.82, 2.24) is 5.32 Å². The van der Waals surface area contributed by atoms with E-state index in [1.54, 1.807) is 24.3 Å². The Hall–Kier alpha value is -1.70. The summed E-state index contributed by atoms with van der Waals surface area (Å²) in [5.41, 5.74) is -1.62. The molecule has 0 bridgehead atoms. The van der Waals surface area contributed by atoms with Crippen LogP contribution in [0.15, 0.2) is 70.5 Å². The van der Waals surface area contributed by atoms with E-state index < -0.39 is 36.0 Å². The molecule has 36 heavy (non-hydrogen) atoms. The van der Waals surface area contributed by atoms with E-state index in [0.717, 1.165) is 19.3 Å². The second-order valence-electron chi connectivity index (χ2n) is 9.74. The number of aliphatic hydroxyl groups is 2. The molecule has 200 valence electrons. The molecule has 1 rings (SSSR count). The Labute approximate surface area is 222 Å². The molecule has 5 nitrogen and oxygen atoms in total. The van der Waals surface area contributed by atoms with Gasteiger partial charge in [-0.15, -0.1) is 0 Å². The molecule has 0 aromatic heterocycles. The van der Waals surface area contributed by atoms with E-state index in [2.05, 4.69) is 30.2 Å². The predicted octanol–water partition coefficient (Wildman–Crippen LogP) is 6.24. The third kappa shape index (κ3) is 11.6. The van der Waals surface area contributed by atoms with Crippen LogP contribution in [0.25, 0.3) is 0 Å². The number of carbonyl (C=O) groups excluding carboxylic acids is 2. The van der Waals surface area contributed by atoms with Gasteiger partial charge in [0.2, 0.25) is 0 Å². The summed E-state index contributed by atoms with van der Waals surface area (Å²) in [6, 6.07) is 0. The molecule has 1 aliphatic rings. The van der Waals surface area contributed by atoms with Crippen LogP contribution in [0.3, 0.4) is 0 Å². The van der Waals surface area contributed by atoms with Gasteiger partial charge < -0.3 is 0 Å². The van der Waals surface area contributed by atoms with Gasteiger partial charge in [-0.1, -0.05) is 18.2 Å². The number of nitrogens with one attached hydrogen (secondary N) is 1. The van der Waals surface area contributed by atoms with Crippen molar-refractivity contribution >= 4 is 30.1 Å². The minimum absolute atomic E-state index is 0.0375. The Morgan fingerprint density at radius 3 is 2.06 bits per heavy atom. The molecule has 0 aromatic carbocycles. The van der Waals surface area contributed by atoms with Crippen molar-refractivity contribution in [1.29, 1.82) is 0 Å². The first-order valence-corrected chi connectivity index (χ1v) is 21.3. The van der Waals surface area contributed by atoms with Crippen LogP contribution in [0.1, 0.15) is 72.6 Å². The van der Waals surface area contributed by atoms with Crippen molar-refractivity contribution in [2.24, 2.45) is 0 Å². The van der Waals surface area contributed by atoms with Gasteiger partial charge >= 0.3 is 198 Å². The third-order valence-corrected chi connectivity index (χ3v) is 20.7. The summed E-state index contributed by atoms with van der Waals surface area (Å²) < 4.78 is 6.00. The number of hydrogen-bond acceptors (Lipinski definition) is 4. The molecule has 3 N–H and O–H groups in total. The van der Waals surface area contributed by atoms with Crippen LogP contribution in [0.5, 0.6) is 0 Å². The zero-order valence-electron chi connectivity index (χ0n) is 22.7. The number of hydrogen-bond donors (Lipinski definition) is 3. The number of amides is 1. The predicted molar refractivity (Wildman–Crippen MR) is 153 cm³/mol. The Kier molecular flexibility index (Phi) is 15.9. The second-order valence-corrected chi connectivity index (χ2v) is 22.7. The van der Waals surface area contributed by atoms with Crippen molar-refractivity contribution < 1.29 is 19.8 Å². The van der Waals surface area contributed by atoms with Crippen molar-refractivity contribution in [2.75, 3.05) is 0 Å².